The molecule has 96 valence electrons. The zero-order valence-corrected chi connectivity index (χ0v) is 11.0. The summed E-state index contributed by atoms with van der Waals surface area (Å²) in [4.78, 5) is 11.5. The number of rotatable bonds is 6. The summed E-state index contributed by atoms with van der Waals surface area (Å²) >= 11 is 0. The first-order valence-electron chi connectivity index (χ1n) is 5.77. The van der Waals surface area contributed by atoms with Crippen LogP contribution >= 0.6 is 0 Å². The minimum atomic E-state index is -0.634. The summed E-state index contributed by atoms with van der Waals surface area (Å²) in [5, 5.41) is 12.2. The number of nitrogens with one attached hydrogen (secondary N) is 1. The molecule has 4 nitrogen and oxygen atoms in total. The molecule has 0 aliphatic heterocycles. The molecule has 0 spiro atoms. The molecule has 0 aromatic carbocycles. The number of hydrogen-bond acceptors (Lipinski definition) is 3. The lowest BCUT2D eigenvalue weighted by Crippen LogP contribution is -2.40. The van der Waals surface area contributed by atoms with Crippen molar-refractivity contribution >= 4 is 5.91 Å². The maximum absolute atomic E-state index is 11.5. The Morgan fingerprint density at radius 1 is 1.31 bits per heavy atom. The third kappa shape index (κ3) is 7.65. The summed E-state index contributed by atoms with van der Waals surface area (Å²) in [6.45, 7) is 10.8. The maximum atomic E-state index is 11.5. The number of amides is 1. The van der Waals surface area contributed by atoms with E-state index in [9.17, 15) is 9.90 Å². The SMILES string of the molecule is CC(C)COCC(O)CNC(=O)C(C)(C)C. The zero-order chi connectivity index (χ0) is 12.8. The van der Waals surface area contributed by atoms with Crippen molar-refractivity contribution in [3.8, 4) is 0 Å². The molecule has 0 aliphatic rings. The van der Waals surface area contributed by atoms with Crippen LogP contribution in [-0.4, -0.2) is 36.9 Å². The average molecular weight is 231 g/mol. The van der Waals surface area contributed by atoms with Gasteiger partial charge in [0.25, 0.3) is 0 Å². The predicted octanol–water partition coefficient (Wildman–Crippen LogP) is 1.18. The van der Waals surface area contributed by atoms with Crippen molar-refractivity contribution in [2.45, 2.75) is 40.7 Å². The molecular weight excluding hydrogens is 206 g/mol. The summed E-state index contributed by atoms with van der Waals surface area (Å²) in [5.74, 6) is 0.395. The van der Waals surface area contributed by atoms with Crippen LogP contribution in [0, 0.1) is 11.3 Å². The highest BCUT2D eigenvalue weighted by Gasteiger charge is 2.21. The molecule has 0 aromatic rings. The molecule has 0 rings (SSSR count). The van der Waals surface area contributed by atoms with E-state index in [0.29, 0.717) is 12.5 Å². The molecule has 1 amide bonds. The normalized spacial score (nSPS) is 13.9. The smallest absolute Gasteiger partial charge is 0.225 e. The van der Waals surface area contributed by atoms with Gasteiger partial charge in [0.05, 0.1) is 12.7 Å². The monoisotopic (exact) mass is 231 g/mol. The van der Waals surface area contributed by atoms with Gasteiger partial charge in [0.1, 0.15) is 0 Å². The highest BCUT2D eigenvalue weighted by Crippen LogP contribution is 2.12. The highest BCUT2D eigenvalue weighted by molar-refractivity contribution is 5.81. The average Bonchev–Trinajstić information content (AvgIpc) is 2.11. The van der Waals surface area contributed by atoms with E-state index in [4.69, 9.17) is 4.74 Å². The maximum Gasteiger partial charge on any atom is 0.225 e. The third-order valence-electron chi connectivity index (χ3n) is 1.94. The minimum absolute atomic E-state index is 0.0598. The quantitative estimate of drug-likeness (QED) is 0.721. The van der Waals surface area contributed by atoms with Crippen molar-refractivity contribution in [1.29, 1.82) is 0 Å². The molecule has 0 radical (unpaired) electrons. The predicted molar refractivity (Wildman–Crippen MR) is 64.1 cm³/mol. The Morgan fingerprint density at radius 2 is 1.88 bits per heavy atom. The van der Waals surface area contributed by atoms with E-state index in [1.54, 1.807) is 0 Å². The van der Waals surface area contributed by atoms with Crippen molar-refractivity contribution in [1.82, 2.24) is 5.32 Å². The van der Waals surface area contributed by atoms with Gasteiger partial charge in [-0.15, -0.1) is 0 Å². The molecular formula is C12H25NO3. The third-order valence-corrected chi connectivity index (χ3v) is 1.94. The van der Waals surface area contributed by atoms with Gasteiger partial charge < -0.3 is 15.2 Å². The summed E-state index contributed by atoms with van der Waals surface area (Å²) in [6.07, 6.45) is -0.634. The Morgan fingerprint density at radius 3 is 2.31 bits per heavy atom. The number of carbonyl (C=O) groups excluding carboxylic acids is 1. The second-order valence-electron chi connectivity index (χ2n) is 5.55. The van der Waals surface area contributed by atoms with Crippen LogP contribution < -0.4 is 5.32 Å². The summed E-state index contributed by atoms with van der Waals surface area (Å²) < 4.78 is 5.27. The van der Waals surface area contributed by atoms with Crippen LogP contribution in [0.4, 0.5) is 0 Å². The minimum Gasteiger partial charge on any atom is -0.389 e. The fourth-order valence-electron chi connectivity index (χ4n) is 0.974. The molecule has 0 fully saturated rings. The molecule has 0 aromatic heterocycles. The first kappa shape index (κ1) is 15.4. The van der Waals surface area contributed by atoms with Crippen molar-refractivity contribution in [2.24, 2.45) is 11.3 Å². The lowest BCUT2D eigenvalue weighted by atomic mass is 9.96. The lowest BCUT2D eigenvalue weighted by Gasteiger charge is -2.19. The van der Waals surface area contributed by atoms with Gasteiger partial charge in [0.2, 0.25) is 5.91 Å². The van der Waals surface area contributed by atoms with Gasteiger partial charge in [-0.1, -0.05) is 34.6 Å². The molecule has 1 atom stereocenters. The largest absolute Gasteiger partial charge is 0.389 e. The molecule has 1 unspecified atom stereocenters. The van der Waals surface area contributed by atoms with Gasteiger partial charge in [0, 0.05) is 18.6 Å². The van der Waals surface area contributed by atoms with Crippen LogP contribution in [0.2, 0.25) is 0 Å². The Labute approximate surface area is 98.4 Å². The van der Waals surface area contributed by atoms with Crippen molar-refractivity contribution in [2.75, 3.05) is 19.8 Å². The van der Waals surface area contributed by atoms with Gasteiger partial charge in [0.15, 0.2) is 0 Å². The molecule has 0 saturated carbocycles. The standard InChI is InChI=1S/C12H25NO3/c1-9(2)7-16-8-10(14)6-13-11(15)12(3,4)5/h9-10,14H,6-8H2,1-5H3,(H,13,15). The van der Waals surface area contributed by atoms with Gasteiger partial charge in [-0.2, -0.15) is 0 Å². The second-order valence-corrected chi connectivity index (χ2v) is 5.55. The van der Waals surface area contributed by atoms with E-state index in [-0.39, 0.29) is 19.1 Å². The first-order valence-corrected chi connectivity index (χ1v) is 5.77. The Balaban J connectivity index is 3.65. The van der Waals surface area contributed by atoms with E-state index in [1.807, 2.05) is 34.6 Å². The van der Waals surface area contributed by atoms with Crippen molar-refractivity contribution < 1.29 is 14.6 Å². The summed E-state index contributed by atoms with van der Waals surface area (Å²) in [6, 6.07) is 0. The topological polar surface area (TPSA) is 58.6 Å². The summed E-state index contributed by atoms with van der Waals surface area (Å²) in [7, 11) is 0. The van der Waals surface area contributed by atoms with Crippen LogP contribution in [0.1, 0.15) is 34.6 Å². The van der Waals surface area contributed by atoms with Gasteiger partial charge >= 0.3 is 0 Å². The fourth-order valence-corrected chi connectivity index (χ4v) is 0.974. The molecule has 4 heteroatoms. The number of hydrogen-bond donors (Lipinski definition) is 2. The van der Waals surface area contributed by atoms with Crippen LogP contribution in [0.15, 0.2) is 0 Å². The molecule has 0 saturated heterocycles. The van der Waals surface area contributed by atoms with Crippen LogP contribution in [0.5, 0.6) is 0 Å². The van der Waals surface area contributed by atoms with Gasteiger partial charge in [-0.25, -0.2) is 0 Å². The Bertz CT molecular complexity index is 209. The van der Waals surface area contributed by atoms with Crippen molar-refractivity contribution in [3.63, 3.8) is 0 Å². The van der Waals surface area contributed by atoms with E-state index in [2.05, 4.69) is 5.32 Å². The van der Waals surface area contributed by atoms with Gasteiger partial charge in [-0.05, 0) is 5.92 Å². The first-order chi connectivity index (χ1) is 7.23. The molecule has 2 N–H and O–H groups in total. The van der Waals surface area contributed by atoms with Crippen molar-refractivity contribution in [3.05, 3.63) is 0 Å². The number of aliphatic hydroxyl groups excluding tert-OH is 1. The molecule has 0 bridgehead atoms. The highest BCUT2D eigenvalue weighted by atomic mass is 16.5. The Hall–Kier alpha value is -0.610. The van der Waals surface area contributed by atoms with E-state index in [1.165, 1.54) is 0 Å². The van der Waals surface area contributed by atoms with E-state index >= 15 is 0 Å². The number of aliphatic hydroxyl groups is 1. The zero-order valence-electron chi connectivity index (χ0n) is 11.0. The molecule has 16 heavy (non-hydrogen) atoms. The van der Waals surface area contributed by atoms with Crippen LogP contribution in [0.25, 0.3) is 0 Å². The van der Waals surface area contributed by atoms with E-state index in [0.717, 1.165) is 0 Å². The number of ether oxygens (including phenoxy) is 1. The van der Waals surface area contributed by atoms with Crippen LogP contribution in [-0.2, 0) is 9.53 Å². The lowest BCUT2D eigenvalue weighted by molar-refractivity contribution is -0.129. The second kappa shape index (κ2) is 6.86. The molecule has 0 aliphatic carbocycles. The van der Waals surface area contributed by atoms with Crippen LogP contribution in [0.3, 0.4) is 0 Å². The molecule has 0 heterocycles. The van der Waals surface area contributed by atoms with E-state index < -0.39 is 11.5 Å². The fraction of sp³-hybridized carbons (Fsp3) is 0.917. The van der Waals surface area contributed by atoms with Gasteiger partial charge in [-0.3, -0.25) is 4.79 Å². The summed E-state index contributed by atoms with van der Waals surface area (Å²) in [5.41, 5.74) is -0.418. The Kier molecular flexibility index (Phi) is 6.60. The number of carbonyl (C=O) groups is 1.